The van der Waals surface area contributed by atoms with E-state index in [0.29, 0.717) is 14.3 Å². The van der Waals surface area contributed by atoms with Gasteiger partial charge in [0.15, 0.2) is 0 Å². The summed E-state index contributed by atoms with van der Waals surface area (Å²) in [7, 11) is 10.7. The van der Waals surface area contributed by atoms with Crippen LogP contribution in [-0.2, 0) is 17.0 Å². The van der Waals surface area contributed by atoms with E-state index in [1.54, 1.807) is 6.07 Å². The third kappa shape index (κ3) is 7.96. The Bertz CT molecular complexity index is 842. The van der Waals surface area contributed by atoms with Crippen LogP contribution in [0.1, 0.15) is 0 Å². The average Bonchev–Trinajstić information content (AvgIpc) is 2.56. The van der Waals surface area contributed by atoms with Crippen LogP contribution >= 0.6 is 27.2 Å². The summed E-state index contributed by atoms with van der Waals surface area (Å²) in [5, 5.41) is 15.6. The maximum atomic E-state index is 13.7. The summed E-state index contributed by atoms with van der Waals surface area (Å²) in [4.78, 5) is 1.93. The van der Waals surface area contributed by atoms with Crippen LogP contribution in [0, 0.1) is 5.82 Å². The van der Waals surface area contributed by atoms with Crippen LogP contribution in [0.5, 0.6) is 5.75 Å². The fraction of sp³-hybridized carbons (Fsp3) is 0.400. The summed E-state index contributed by atoms with van der Waals surface area (Å²) in [6.07, 6.45) is 0. The zero-order chi connectivity index (χ0) is 22.6. The molecule has 2 rings (SSSR count). The molecule has 29 heavy (non-hydrogen) atoms. The van der Waals surface area contributed by atoms with Gasteiger partial charge >= 0.3 is 35.6 Å². The van der Waals surface area contributed by atoms with E-state index < -0.39 is 33.2 Å². The van der Waals surface area contributed by atoms with Crippen LogP contribution < -0.4 is 25.9 Å². The molecule has 1 N–H and O–H groups in total. The van der Waals surface area contributed by atoms with E-state index in [1.165, 1.54) is 11.3 Å². The van der Waals surface area contributed by atoms with Crippen LogP contribution in [0.15, 0.2) is 30.3 Å². The molecule has 0 fully saturated rings. The van der Waals surface area contributed by atoms with E-state index in [-0.39, 0.29) is 5.82 Å². The molecule has 0 heterocycles. The first-order valence-corrected chi connectivity index (χ1v) is 21.6. The molecule has 0 spiro atoms. The second-order valence-corrected chi connectivity index (χ2v) is 23.2. The topological polar surface area (TPSA) is 23.5 Å². The van der Waals surface area contributed by atoms with Gasteiger partial charge < -0.3 is 10.0 Å². The van der Waals surface area contributed by atoms with Gasteiger partial charge in [-0.2, -0.15) is 0 Å². The predicted octanol–water partition coefficient (Wildman–Crippen LogP) is 4.69. The van der Waals surface area contributed by atoms with Gasteiger partial charge in [0, 0.05) is 30.4 Å². The summed E-state index contributed by atoms with van der Waals surface area (Å²) < 4.78 is 13.7. The Morgan fingerprint density at radius 1 is 0.931 bits per heavy atom. The molecule has 0 aliphatic rings. The monoisotopic (exact) mass is 525 g/mol. The van der Waals surface area contributed by atoms with Gasteiger partial charge in [0.25, 0.3) is 0 Å². The predicted molar refractivity (Wildman–Crippen MR) is 134 cm³/mol. The number of nitrogens with zero attached hydrogens (tertiary/aromatic N) is 1. The summed E-state index contributed by atoms with van der Waals surface area (Å²) >= 11 is -0.556. The first kappa shape index (κ1) is 27.2. The number of anilines is 1. The molecular weight excluding hydrogens is 495 g/mol. The Morgan fingerprint density at radius 2 is 1.48 bits per heavy atom. The zero-order valence-electron chi connectivity index (χ0n) is 18.4. The molecule has 1 unspecified atom stereocenters. The normalized spacial score (nSPS) is 12.0. The van der Waals surface area contributed by atoms with Gasteiger partial charge in [-0.15, -0.1) is 0 Å². The molecule has 0 amide bonds. The number of phenols is 1. The van der Waals surface area contributed by atoms with Gasteiger partial charge in [0.05, 0.1) is 16.1 Å². The van der Waals surface area contributed by atoms with Crippen molar-refractivity contribution < 1.29 is 26.5 Å². The zero-order valence-corrected chi connectivity index (χ0v) is 24.5. The first-order chi connectivity index (χ1) is 13.2. The summed E-state index contributed by atoms with van der Waals surface area (Å²) in [5.41, 5.74) is 0.871. The fourth-order valence-electron chi connectivity index (χ4n) is 2.86. The van der Waals surface area contributed by atoms with Gasteiger partial charge in [-0.1, -0.05) is 65.2 Å². The number of benzene rings is 2. The first-order valence-electron chi connectivity index (χ1n) is 9.30. The molecule has 2 aromatic rings. The van der Waals surface area contributed by atoms with Crippen molar-refractivity contribution in [3.8, 4) is 5.75 Å². The minimum atomic E-state index is -1.67. The van der Waals surface area contributed by atoms with Crippen LogP contribution in [0.25, 0.3) is 0 Å². The maximum absolute atomic E-state index is 13.7. The van der Waals surface area contributed by atoms with Crippen molar-refractivity contribution in [3.05, 3.63) is 36.1 Å². The van der Waals surface area contributed by atoms with Crippen LogP contribution in [0.3, 0.4) is 0 Å². The van der Waals surface area contributed by atoms with Crippen LogP contribution in [-0.4, -0.2) is 35.3 Å². The standard InChI is InChI=1S/C20H31FNOPSi2.2ClH.Ti/c1-22(2)16-11-14(21)9-10-17(16)24-18-12-15(25(3,4)5)13-19(20(18)23)26(6,7)8;;;/h9-13,23-24H,1-8H3;2*1H;/q;;;+2/p-2. The molecule has 160 valence electrons. The number of phenolic OH excluding ortho intramolecular Hbond substituents is 1. The number of halogens is 3. The Morgan fingerprint density at radius 3 is 1.93 bits per heavy atom. The molecule has 0 bridgehead atoms. The second kappa shape index (κ2) is 11.1. The molecule has 9 heteroatoms. The second-order valence-electron chi connectivity index (χ2n) is 9.17. The SMILES string of the molecule is CN(C)c1cc(F)ccc1Pc1cc([Si](C)(C)C)cc([Si](C)(C)C)c1O.[Cl][Ti][Cl]. The van der Waals surface area contributed by atoms with Gasteiger partial charge in [0.1, 0.15) is 11.6 Å². The van der Waals surface area contributed by atoms with E-state index in [4.69, 9.17) is 18.6 Å². The number of hydrogen-bond acceptors (Lipinski definition) is 2. The Labute approximate surface area is 195 Å². The van der Waals surface area contributed by atoms with E-state index >= 15 is 0 Å². The third-order valence-corrected chi connectivity index (χ3v) is 9.86. The van der Waals surface area contributed by atoms with Gasteiger partial charge in [-0.25, -0.2) is 4.39 Å². The summed E-state index contributed by atoms with van der Waals surface area (Å²) in [6.45, 7) is 13.8. The van der Waals surface area contributed by atoms with Crippen molar-refractivity contribution in [2.45, 2.75) is 39.3 Å². The van der Waals surface area contributed by atoms with E-state index in [0.717, 1.165) is 21.5 Å². The average molecular weight is 526 g/mol. The third-order valence-electron chi connectivity index (χ3n) is 4.49. The Kier molecular flexibility index (Phi) is 10.4. The van der Waals surface area contributed by atoms with Gasteiger partial charge in [0.2, 0.25) is 0 Å². The Hall–Kier alpha value is 0.128. The van der Waals surface area contributed by atoms with E-state index in [9.17, 15) is 9.50 Å². The van der Waals surface area contributed by atoms with E-state index in [1.807, 2.05) is 25.1 Å². The number of rotatable bonds is 5. The van der Waals surface area contributed by atoms with Crippen molar-refractivity contribution >= 4 is 70.0 Å². The van der Waals surface area contributed by atoms with Crippen LogP contribution in [0.2, 0.25) is 39.3 Å². The van der Waals surface area contributed by atoms with E-state index in [2.05, 4.69) is 51.4 Å². The summed E-state index contributed by atoms with van der Waals surface area (Å²) in [6, 6.07) is 9.36. The van der Waals surface area contributed by atoms with Crippen molar-refractivity contribution in [1.29, 1.82) is 0 Å². The van der Waals surface area contributed by atoms with Gasteiger partial charge in [-0.05, 0) is 23.4 Å². The van der Waals surface area contributed by atoms with Crippen molar-refractivity contribution in [2.24, 2.45) is 0 Å². The van der Waals surface area contributed by atoms with Crippen molar-refractivity contribution in [2.75, 3.05) is 19.0 Å². The summed E-state index contributed by atoms with van der Waals surface area (Å²) in [5.74, 6) is 0.212. The van der Waals surface area contributed by atoms with Gasteiger partial charge in [-0.3, -0.25) is 0 Å². The molecule has 0 saturated heterocycles. The fourth-order valence-corrected chi connectivity index (χ4v) is 7.22. The van der Waals surface area contributed by atoms with Crippen molar-refractivity contribution in [1.82, 2.24) is 0 Å². The molecular formula is C20H31Cl2FNOPSi2Ti. The molecule has 0 aliphatic heterocycles. The molecule has 0 aromatic heterocycles. The molecule has 0 saturated carbocycles. The molecule has 0 aliphatic carbocycles. The molecule has 0 radical (unpaired) electrons. The van der Waals surface area contributed by atoms with Crippen LogP contribution in [0.4, 0.5) is 10.1 Å². The molecule has 2 aromatic carbocycles. The molecule has 2 nitrogen and oxygen atoms in total. The van der Waals surface area contributed by atoms with Crippen molar-refractivity contribution in [3.63, 3.8) is 0 Å². The Balaban J connectivity index is 0.00000132. The quantitative estimate of drug-likeness (QED) is 0.452. The molecule has 1 atom stereocenters. The number of aromatic hydroxyl groups is 1. The minimum absolute atomic E-state index is 0.231. The number of hydrogen-bond donors (Lipinski definition) is 1.